The van der Waals surface area contributed by atoms with Crippen LogP contribution in [0, 0.1) is 0 Å². The summed E-state index contributed by atoms with van der Waals surface area (Å²) in [6.07, 6.45) is 1.80. The van der Waals surface area contributed by atoms with Gasteiger partial charge in [-0.1, -0.05) is 28.1 Å². The SMILES string of the molecule is NCc1ncc(-c2cccc(Br)c2)[nH]1. The summed E-state index contributed by atoms with van der Waals surface area (Å²) in [4.78, 5) is 7.29. The quantitative estimate of drug-likeness (QED) is 0.861. The number of imidazole rings is 1. The van der Waals surface area contributed by atoms with Crippen molar-refractivity contribution in [2.75, 3.05) is 0 Å². The topological polar surface area (TPSA) is 54.7 Å². The van der Waals surface area contributed by atoms with E-state index in [-0.39, 0.29) is 0 Å². The Hall–Kier alpha value is -1.13. The van der Waals surface area contributed by atoms with E-state index in [9.17, 15) is 0 Å². The number of rotatable bonds is 2. The van der Waals surface area contributed by atoms with Gasteiger partial charge in [0.05, 0.1) is 18.4 Å². The van der Waals surface area contributed by atoms with Crippen molar-refractivity contribution in [1.82, 2.24) is 9.97 Å². The van der Waals surface area contributed by atoms with Gasteiger partial charge < -0.3 is 10.7 Å². The van der Waals surface area contributed by atoms with Gasteiger partial charge >= 0.3 is 0 Å². The van der Waals surface area contributed by atoms with Crippen molar-refractivity contribution in [3.05, 3.63) is 40.8 Å². The number of benzene rings is 1. The Morgan fingerprint density at radius 1 is 1.43 bits per heavy atom. The monoisotopic (exact) mass is 251 g/mol. The van der Waals surface area contributed by atoms with E-state index in [4.69, 9.17) is 5.73 Å². The first kappa shape index (κ1) is 9.43. The second-order valence-electron chi connectivity index (χ2n) is 2.96. The molecule has 2 rings (SSSR count). The molecule has 0 bridgehead atoms. The molecule has 2 aromatic rings. The highest BCUT2D eigenvalue weighted by atomic mass is 79.9. The predicted octanol–water partition coefficient (Wildman–Crippen LogP) is 2.30. The van der Waals surface area contributed by atoms with E-state index in [0.29, 0.717) is 6.54 Å². The van der Waals surface area contributed by atoms with Crippen molar-refractivity contribution in [3.8, 4) is 11.3 Å². The average Bonchev–Trinajstić information content (AvgIpc) is 2.66. The highest BCUT2D eigenvalue weighted by Gasteiger charge is 2.01. The van der Waals surface area contributed by atoms with E-state index in [1.807, 2.05) is 24.3 Å². The van der Waals surface area contributed by atoms with Crippen LogP contribution in [0.15, 0.2) is 34.9 Å². The van der Waals surface area contributed by atoms with Crippen molar-refractivity contribution in [1.29, 1.82) is 0 Å². The molecule has 72 valence electrons. The minimum absolute atomic E-state index is 0.438. The van der Waals surface area contributed by atoms with Gasteiger partial charge in [0.15, 0.2) is 0 Å². The zero-order chi connectivity index (χ0) is 9.97. The van der Waals surface area contributed by atoms with E-state index >= 15 is 0 Å². The molecule has 0 aliphatic heterocycles. The van der Waals surface area contributed by atoms with Crippen molar-refractivity contribution in [2.45, 2.75) is 6.54 Å². The third kappa shape index (κ3) is 1.86. The van der Waals surface area contributed by atoms with Crippen LogP contribution in [0.2, 0.25) is 0 Å². The second-order valence-corrected chi connectivity index (χ2v) is 3.87. The molecule has 0 saturated carbocycles. The minimum Gasteiger partial charge on any atom is -0.341 e. The molecule has 0 saturated heterocycles. The Bertz CT molecular complexity index is 436. The molecule has 1 heterocycles. The molecule has 0 aliphatic carbocycles. The third-order valence-corrected chi connectivity index (χ3v) is 2.45. The molecule has 3 nitrogen and oxygen atoms in total. The van der Waals surface area contributed by atoms with E-state index in [2.05, 4.69) is 25.9 Å². The van der Waals surface area contributed by atoms with Crippen LogP contribution in [-0.4, -0.2) is 9.97 Å². The number of aromatic nitrogens is 2. The summed E-state index contributed by atoms with van der Waals surface area (Å²) in [5, 5.41) is 0. The van der Waals surface area contributed by atoms with Crippen LogP contribution in [-0.2, 0) is 6.54 Å². The van der Waals surface area contributed by atoms with Crippen LogP contribution in [0.4, 0.5) is 0 Å². The van der Waals surface area contributed by atoms with Gasteiger partial charge in [0.25, 0.3) is 0 Å². The maximum absolute atomic E-state index is 5.47. The van der Waals surface area contributed by atoms with Gasteiger partial charge in [0.2, 0.25) is 0 Å². The van der Waals surface area contributed by atoms with Gasteiger partial charge in [-0.3, -0.25) is 0 Å². The van der Waals surface area contributed by atoms with Gasteiger partial charge in [0, 0.05) is 10.0 Å². The number of nitrogens with one attached hydrogen (secondary N) is 1. The third-order valence-electron chi connectivity index (χ3n) is 1.96. The van der Waals surface area contributed by atoms with Gasteiger partial charge in [0.1, 0.15) is 5.82 Å². The molecule has 0 amide bonds. The lowest BCUT2D eigenvalue weighted by Gasteiger charge is -1.97. The summed E-state index contributed by atoms with van der Waals surface area (Å²) < 4.78 is 1.05. The maximum Gasteiger partial charge on any atom is 0.120 e. The fourth-order valence-electron chi connectivity index (χ4n) is 1.27. The average molecular weight is 252 g/mol. The molecule has 0 spiro atoms. The lowest BCUT2D eigenvalue weighted by molar-refractivity contribution is 0.950. The lowest BCUT2D eigenvalue weighted by atomic mass is 10.2. The Balaban J connectivity index is 2.39. The summed E-state index contributed by atoms with van der Waals surface area (Å²) in [5.74, 6) is 0.806. The van der Waals surface area contributed by atoms with E-state index in [0.717, 1.165) is 21.6 Å². The molecule has 0 fully saturated rings. The Labute approximate surface area is 90.5 Å². The second kappa shape index (κ2) is 3.94. The molecule has 0 aliphatic rings. The fraction of sp³-hybridized carbons (Fsp3) is 0.100. The predicted molar refractivity (Wildman–Crippen MR) is 59.6 cm³/mol. The van der Waals surface area contributed by atoms with Gasteiger partial charge in [-0.25, -0.2) is 4.98 Å². The normalized spacial score (nSPS) is 10.4. The van der Waals surface area contributed by atoms with Crippen LogP contribution < -0.4 is 5.73 Å². The maximum atomic E-state index is 5.47. The number of nitrogens with two attached hydrogens (primary N) is 1. The molecule has 1 aromatic carbocycles. The smallest absolute Gasteiger partial charge is 0.120 e. The fourth-order valence-corrected chi connectivity index (χ4v) is 1.67. The van der Waals surface area contributed by atoms with Crippen LogP contribution in [0.25, 0.3) is 11.3 Å². The molecule has 0 atom stereocenters. The molecule has 0 radical (unpaired) electrons. The zero-order valence-electron chi connectivity index (χ0n) is 7.50. The number of aromatic amines is 1. The number of hydrogen-bond acceptors (Lipinski definition) is 2. The number of halogens is 1. The van der Waals surface area contributed by atoms with Crippen LogP contribution in [0.1, 0.15) is 5.82 Å². The summed E-state index contributed by atoms with van der Waals surface area (Å²) in [6.45, 7) is 0.438. The van der Waals surface area contributed by atoms with E-state index < -0.39 is 0 Å². The Morgan fingerprint density at radius 3 is 2.93 bits per heavy atom. The van der Waals surface area contributed by atoms with Crippen LogP contribution >= 0.6 is 15.9 Å². The lowest BCUT2D eigenvalue weighted by Crippen LogP contribution is -1.97. The summed E-state index contributed by atoms with van der Waals surface area (Å²) in [5.41, 5.74) is 7.56. The highest BCUT2D eigenvalue weighted by Crippen LogP contribution is 2.20. The van der Waals surface area contributed by atoms with Crippen LogP contribution in [0.5, 0.6) is 0 Å². The van der Waals surface area contributed by atoms with E-state index in [1.54, 1.807) is 6.20 Å². The van der Waals surface area contributed by atoms with Crippen molar-refractivity contribution in [3.63, 3.8) is 0 Å². The van der Waals surface area contributed by atoms with Crippen LogP contribution in [0.3, 0.4) is 0 Å². The first-order chi connectivity index (χ1) is 6.79. The standard InChI is InChI=1S/C10H10BrN3/c11-8-3-1-2-7(4-8)9-6-13-10(5-12)14-9/h1-4,6H,5,12H2,(H,13,14). The largest absolute Gasteiger partial charge is 0.341 e. The molecule has 0 unspecified atom stereocenters. The van der Waals surface area contributed by atoms with Gasteiger partial charge in [-0.05, 0) is 12.1 Å². The molecular formula is C10H10BrN3. The molecule has 3 N–H and O–H groups in total. The molecule has 14 heavy (non-hydrogen) atoms. The number of H-pyrrole nitrogens is 1. The molecular weight excluding hydrogens is 242 g/mol. The summed E-state index contributed by atoms with van der Waals surface area (Å²) in [7, 11) is 0. The summed E-state index contributed by atoms with van der Waals surface area (Å²) in [6, 6.07) is 8.04. The van der Waals surface area contributed by atoms with Crippen molar-refractivity contribution < 1.29 is 0 Å². The molecule has 1 aromatic heterocycles. The van der Waals surface area contributed by atoms with E-state index in [1.165, 1.54) is 0 Å². The summed E-state index contributed by atoms with van der Waals surface area (Å²) >= 11 is 3.42. The van der Waals surface area contributed by atoms with Gasteiger partial charge in [-0.2, -0.15) is 0 Å². The Morgan fingerprint density at radius 2 is 2.29 bits per heavy atom. The van der Waals surface area contributed by atoms with Crippen molar-refractivity contribution in [2.24, 2.45) is 5.73 Å². The number of hydrogen-bond donors (Lipinski definition) is 2. The zero-order valence-corrected chi connectivity index (χ0v) is 9.08. The minimum atomic E-state index is 0.438. The highest BCUT2D eigenvalue weighted by molar-refractivity contribution is 9.10. The van der Waals surface area contributed by atoms with Gasteiger partial charge in [-0.15, -0.1) is 0 Å². The number of nitrogens with zero attached hydrogens (tertiary/aromatic N) is 1. The first-order valence-corrected chi connectivity index (χ1v) is 5.09. The first-order valence-electron chi connectivity index (χ1n) is 4.29. The Kier molecular flexibility index (Phi) is 2.65. The molecule has 4 heteroatoms. The van der Waals surface area contributed by atoms with Crippen molar-refractivity contribution >= 4 is 15.9 Å².